The Morgan fingerprint density at radius 2 is 1.43 bits per heavy atom. The smallest absolute Gasteiger partial charge is 0.323 e. The van der Waals surface area contributed by atoms with E-state index in [0.29, 0.717) is 5.75 Å². The number of urea groups is 1. The molecule has 2 aromatic carbocycles. The molecule has 0 aliphatic rings. The van der Waals surface area contributed by atoms with Gasteiger partial charge in [-0.1, -0.05) is 36.4 Å². The highest BCUT2D eigenvalue weighted by Gasteiger charge is 2.25. The summed E-state index contributed by atoms with van der Waals surface area (Å²) in [5, 5.41) is 0. The van der Waals surface area contributed by atoms with Crippen LogP contribution in [0.1, 0.15) is 6.92 Å². The minimum atomic E-state index is -0.947. The number of nitrogens with zero attached hydrogens (tertiary/aromatic N) is 2. The summed E-state index contributed by atoms with van der Waals surface area (Å²) in [5.74, 6) is 0.458. The van der Waals surface area contributed by atoms with E-state index in [-0.39, 0.29) is 12.1 Å². The number of rotatable bonds is 5. The third kappa shape index (κ3) is 4.42. The average molecular weight is 330 g/mol. The van der Waals surface area contributed by atoms with Crippen molar-refractivity contribution in [3.63, 3.8) is 0 Å². The largest absolute Gasteiger partial charge is 0.329 e. The topological polar surface area (TPSA) is 40.6 Å². The predicted octanol–water partition coefficient (Wildman–Crippen LogP) is 3.64. The van der Waals surface area contributed by atoms with Gasteiger partial charge in [0.25, 0.3) is 0 Å². The minimum Gasteiger partial charge on any atom is -0.323 e. The Balaban J connectivity index is 2.34. The number of hydrogen-bond acceptors (Lipinski definition) is 2. The Bertz CT molecular complexity index is 622. The van der Waals surface area contributed by atoms with Crippen LogP contribution in [0.2, 0.25) is 0 Å². The molecule has 2 amide bonds. The van der Waals surface area contributed by atoms with Gasteiger partial charge in [0.2, 0.25) is 0 Å². The van der Waals surface area contributed by atoms with E-state index >= 15 is 0 Å². The monoisotopic (exact) mass is 330 g/mol. The van der Waals surface area contributed by atoms with Gasteiger partial charge in [-0.05, 0) is 31.2 Å². The highest BCUT2D eigenvalue weighted by molar-refractivity contribution is 7.84. The van der Waals surface area contributed by atoms with Gasteiger partial charge in [0.1, 0.15) is 0 Å². The number of carbonyl (C=O) groups excluding carboxylic acids is 1. The van der Waals surface area contributed by atoms with Crippen LogP contribution in [0.4, 0.5) is 16.2 Å². The molecular weight excluding hydrogens is 308 g/mol. The summed E-state index contributed by atoms with van der Waals surface area (Å²) in [6.45, 7) is 1.91. The second-order valence-electron chi connectivity index (χ2n) is 5.49. The summed E-state index contributed by atoms with van der Waals surface area (Å²) in [4.78, 5) is 16.3. The zero-order valence-corrected chi connectivity index (χ0v) is 14.5. The highest BCUT2D eigenvalue weighted by Crippen LogP contribution is 2.26. The van der Waals surface area contributed by atoms with E-state index in [1.165, 1.54) is 0 Å². The number of anilines is 2. The second kappa shape index (κ2) is 7.92. The van der Waals surface area contributed by atoms with Crippen LogP contribution in [0.5, 0.6) is 0 Å². The Kier molecular flexibility index (Phi) is 5.93. The van der Waals surface area contributed by atoms with Crippen LogP contribution < -0.4 is 4.90 Å². The third-order valence-corrected chi connectivity index (χ3v) is 4.61. The summed E-state index contributed by atoms with van der Waals surface area (Å²) in [6.07, 6.45) is 1.65. The van der Waals surface area contributed by atoms with E-state index in [4.69, 9.17) is 0 Å². The summed E-state index contributed by atoms with van der Waals surface area (Å²) in [7, 11) is 0.801. The highest BCUT2D eigenvalue weighted by atomic mass is 32.2. The van der Waals surface area contributed by atoms with Gasteiger partial charge in [0, 0.05) is 35.9 Å². The van der Waals surface area contributed by atoms with Gasteiger partial charge in [-0.25, -0.2) is 4.79 Å². The quantitative estimate of drug-likeness (QED) is 0.840. The van der Waals surface area contributed by atoms with Crippen molar-refractivity contribution in [3.8, 4) is 0 Å². The fourth-order valence-electron chi connectivity index (χ4n) is 2.32. The summed E-state index contributed by atoms with van der Waals surface area (Å²) in [6, 6.07) is 18.8. The number of carbonyl (C=O) groups is 1. The lowest BCUT2D eigenvalue weighted by atomic mass is 10.2. The molecule has 0 bridgehead atoms. The van der Waals surface area contributed by atoms with Crippen molar-refractivity contribution >= 4 is 28.2 Å². The van der Waals surface area contributed by atoms with Crippen molar-refractivity contribution in [3.05, 3.63) is 60.7 Å². The maximum Gasteiger partial charge on any atom is 0.329 e. The van der Waals surface area contributed by atoms with Crippen LogP contribution in [0.25, 0.3) is 0 Å². The number of amides is 2. The molecule has 2 atom stereocenters. The maximum atomic E-state index is 13.0. The first kappa shape index (κ1) is 17.2. The maximum absolute atomic E-state index is 13.0. The molecule has 0 saturated heterocycles. The molecule has 0 aliphatic heterocycles. The van der Waals surface area contributed by atoms with Crippen molar-refractivity contribution in [2.24, 2.45) is 0 Å². The fraction of sp³-hybridized carbons (Fsp3) is 0.278. The summed E-state index contributed by atoms with van der Waals surface area (Å²) in [5.41, 5.74) is 1.61. The molecule has 4 nitrogen and oxygen atoms in total. The summed E-state index contributed by atoms with van der Waals surface area (Å²) >= 11 is 0. The zero-order chi connectivity index (χ0) is 16.8. The molecule has 0 unspecified atom stereocenters. The van der Waals surface area contributed by atoms with E-state index in [1.54, 1.807) is 23.1 Å². The van der Waals surface area contributed by atoms with Crippen LogP contribution >= 0.6 is 0 Å². The average Bonchev–Trinajstić information content (AvgIpc) is 2.55. The molecule has 2 aromatic rings. The van der Waals surface area contributed by atoms with Crippen molar-refractivity contribution in [1.82, 2.24) is 4.90 Å². The van der Waals surface area contributed by atoms with Crippen LogP contribution in [-0.4, -0.2) is 40.2 Å². The van der Waals surface area contributed by atoms with E-state index in [9.17, 15) is 9.00 Å². The van der Waals surface area contributed by atoms with Gasteiger partial charge in [0.15, 0.2) is 0 Å². The van der Waals surface area contributed by atoms with Gasteiger partial charge in [-0.15, -0.1) is 0 Å². The van der Waals surface area contributed by atoms with E-state index in [2.05, 4.69) is 0 Å². The van der Waals surface area contributed by atoms with Crippen molar-refractivity contribution < 1.29 is 9.00 Å². The first-order valence-corrected chi connectivity index (χ1v) is 9.20. The predicted molar refractivity (Wildman–Crippen MR) is 96.6 cm³/mol. The minimum absolute atomic E-state index is 0.108. The molecule has 0 saturated carbocycles. The Morgan fingerprint density at radius 1 is 1.00 bits per heavy atom. The van der Waals surface area contributed by atoms with Crippen molar-refractivity contribution in [2.75, 3.05) is 24.0 Å². The van der Waals surface area contributed by atoms with Crippen LogP contribution in [-0.2, 0) is 10.8 Å². The second-order valence-corrected chi connectivity index (χ2v) is 6.97. The Hall–Kier alpha value is -2.14. The van der Waals surface area contributed by atoms with Gasteiger partial charge < -0.3 is 4.90 Å². The lowest BCUT2D eigenvalue weighted by Gasteiger charge is -2.31. The molecule has 0 radical (unpaired) electrons. The van der Waals surface area contributed by atoms with Gasteiger partial charge in [0.05, 0.1) is 11.4 Å². The van der Waals surface area contributed by atoms with Crippen LogP contribution in [0.15, 0.2) is 60.7 Å². The fourth-order valence-corrected chi connectivity index (χ4v) is 3.22. The van der Waals surface area contributed by atoms with Gasteiger partial charge in [-0.2, -0.15) is 0 Å². The molecule has 0 fully saturated rings. The van der Waals surface area contributed by atoms with Gasteiger partial charge in [-0.3, -0.25) is 9.11 Å². The number of benzene rings is 2. The van der Waals surface area contributed by atoms with Gasteiger partial charge >= 0.3 is 6.03 Å². The van der Waals surface area contributed by atoms with Crippen molar-refractivity contribution in [1.29, 1.82) is 0 Å². The lowest BCUT2D eigenvalue weighted by molar-refractivity contribution is 0.207. The molecule has 2 rings (SSSR count). The van der Waals surface area contributed by atoms with E-state index in [0.717, 1.165) is 11.4 Å². The third-order valence-electron chi connectivity index (χ3n) is 3.66. The normalized spacial score (nSPS) is 13.2. The molecule has 0 aromatic heterocycles. The van der Waals surface area contributed by atoms with Crippen molar-refractivity contribution in [2.45, 2.75) is 13.0 Å². The van der Waals surface area contributed by atoms with E-state index < -0.39 is 10.8 Å². The zero-order valence-electron chi connectivity index (χ0n) is 13.7. The molecule has 5 heteroatoms. The molecular formula is C18H22N2O2S. The molecule has 0 spiro atoms. The SMILES string of the molecule is C[C@@H](C[S@@](C)=O)N(C)C(=O)N(c1ccccc1)c1ccccc1. The van der Waals surface area contributed by atoms with Crippen LogP contribution in [0, 0.1) is 0 Å². The lowest BCUT2D eigenvalue weighted by Crippen LogP contribution is -2.45. The van der Waals surface area contributed by atoms with Crippen LogP contribution in [0.3, 0.4) is 0 Å². The number of para-hydroxylation sites is 2. The van der Waals surface area contributed by atoms with E-state index in [1.807, 2.05) is 67.6 Å². The number of hydrogen-bond donors (Lipinski definition) is 0. The molecule has 0 aliphatic carbocycles. The summed E-state index contributed by atoms with van der Waals surface area (Å²) < 4.78 is 11.5. The standard InChI is InChI=1S/C18H22N2O2S/c1-15(14-23(3)22)19(2)18(21)20(16-10-6-4-7-11-16)17-12-8-5-9-13-17/h4-13,15H,14H2,1-3H3/t15-,23+/m0/s1. The molecule has 122 valence electrons. The Morgan fingerprint density at radius 3 is 1.83 bits per heavy atom. The first-order valence-electron chi connectivity index (χ1n) is 7.47. The molecule has 0 heterocycles. The molecule has 23 heavy (non-hydrogen) atoms. The molecule has 0 N–H and O–H groups in total. The first-order chi connectivity index (χ1) is 11.0. The Labute approximate surface area is 140 Å².